The lowest BCUT2D eigenvalue weighted by Gasteiger charge is -2.16. The van der Waals surface area contributed by atoms with Gasteiger partial charge in [-0.05, 0) is 75.3 Å². The third-order valence-corrected chi connectivity index (χ3v) is 14.4. The Morgan fingerprint density at radius 2 is 0.398 bits per heavy atom. The number of hydrogen-bond acceptors (Lipinski definition) is 11. The Hall–Kier alpha value is -11.1. The SMILES string of the molecule is O=C(c1ccccc1)c1ccc(COc2cc(COc3cc(CO)cc(OCc4cc(OCc5ccc(C(=O)c6ccccc6)cc5)cc(OCc5ccc(C(=O)c6ccccc6)cc5)c4)c3)cc(OCc3ccc(C(=O)c4ccccc4)cc3)c2)cc1. The summed E-state index contributed by atoms with van der Waals surface area (Å²) >= 11 is 0. The van der Waals surface area contributed by atoms with Crippen LogP contribution in [-0.4, -0.2) is 28.2 Å². The van der Waals surface area contributed by atoms with Gasteiger partial charge in [-0.15, -0.1) is 0 Å². The normalized spacial score (nSPS) is 10.8. The van der Waals surface area contributed by atoms with Crippen molar-refractivity contribution >= 4 is 23.1 Å². The second kappa shape index (κ2) is 28.6. The van der Waals surface area contributed by atoms with E-state index in [4.69, 9.17) is 28.4 Å². The minimum atomic E-state index is -0.276. The highest BCUT2D eigenvalue weighted by molar-refractivity contribution is 6.10. The smallest absolute Gasteiger partial charge is 0.193 e. The van der Waals surface area contributed by atoms with E-state index in [1.807, 2.05) is 146 Å². The quantitative estimate of drug-likeness (QED) is 0.0491. The molecule has 0 unspecified atom stereocenters. The predicted octanol–water partition coefficient (Wildman–Crippen LogP) is 15.6. The maximum Gasteiger partial charge on any atom is 0.193 e. The molecule has 0 aromatic heterocycles. The van der Waals surface area contributed by atoms with Crippen LogP contribution in [0.15, 0.2) is 273 Å². The van der Waals surface area contributed by atoms with E-state index in [0.29, 0.717) is 84.6 Å². The molecule has 11 aromatic carbocycles. The van der Waals surface area contributed by atoms with Gasteiger partial charge in [-0.2, -0.15) is 0 Å². The van der Waals surface area contributed by atoms with Crippen molar-refractivity contribution < 1.29 is 52.7 Å². The van der Waals surface area contributed by atoms with Crippen LogP contribution in [0.3, 0.4) is 0 Å². The molecule has 11 rings (SSSR count). The number of aliphatic hydroxyl groups is 1. The average Bonchev–Trinajstić information content (AvgIpc) is 3.79. The van der Waals surface area contributed by atoms with Crippen LogP contribution in [0, 0.1) is 0 Å². The first kappa shape index (κ1) is 58.6. The summed E-state index contributed by atoms with van der Waals surface area (Å²) in [5.74, 6) is 2.71. The number of carbonyl (C=O) groups is 4. The predicted molar refractivity (Wildman–Crippen MR) is 337 cm³/mol. The van der Waals surface area contributed by atoms with Gasteiger partial charge in [-0.25, -0.2) is 0 Å². The fourth-order valence-corrected chi connectivity index (χ4v) is 9.68. The van der Waals surface area contributed by atoms with E-state index in [9.17, 15) is 24.3 Å². The van der Waals surface area contributed by atoms with Crippen LogP contribution in [0.5, 0.6) is 34.5 Å². The van der Waals surface area contributed by atoms with E-state index < -0.39 is 0 Å². The van der Waals surface area contributed by atoms with E-state index in [-0.39, 0.29) is 69.4 Å². The molecule has 11 aromatic rings. The Bertz CT molecular complexity index is 3650. The molecule has 0 saturated heterocycles. The molecule has 0 aliphatic carbocycles. The van der Waals surface area contributed by atoms with Crippen LogP contribution in [0.25, 0.3) is 0 Å². The van der Waals surface area contributed by atoms with E-state index in [1.54, 1.807) is 127 Å². The lowest BCUT2D eigenvalue weighted by Crippen LogP contribution is -2.04. The van der Waals surface area contributed by atoms with Gasteiger partial charge in [0.15, 0.2) is 23.1 Å². The molecule has 1 N–H and O–H groups in total. The van der Waals surface area contributed by atoms with Crippen LogP contribution >= 0.6 is 0 Å². The van der Waals surface area contributed by atoms with Gasteiger partial charge in [0.05, 0.1) is 6.61 Å². The van der Waals surface area contributed by atoms with Gasteiger partial charge in [0, 0.05) is 62.7 Å². The summed E-state index contributed by atoms with van der Waals surface area (Å²) in [5.41, 5.74) is 10.2. The van der Waals surface area contributed by atoms with Crippen LogP contribution in [-0.2, 0) is 46.2 Å². The Morgan fingerprint density at radius 3 is 0.602 bits per heavy atom. The summed E-state index contributed by atoms with van der Waals surface area (Å²) in [6.07, 6.45) is 0. The van der Waals surface area contributed by atoms with Gasteiger partial charge in [0.25, 0.3) is 0 Å². The number of ether oxygens (including phenoxy) is 6. The first-order valence-electron chi connectivity index (χ1n) is 28.7. The van der Waals surface area contributed by atoms with Crippen LogP contribution in [0.4, 0.5) is 0 Å². The van der Waals surface area contributed by atoms with Crippen molar-refractivity contribution in [1.29, 1.82) is 0 Å². The molecule has 0 atom stereocenters. The average molecular weight is 1160 g/mol. The molecule has 0 aliphatic heterocycles. The van der Waals surface area contributed by atoms with Gasteiger partial charge in [-0.3, -0.25) is 19.2 Å². The zero-order valence-corrected chi connectivity index (χ0v) is 48.0. The van der Waals surface area contributed by atoms with Crippen LogP contribution in [0.1, 0.15) is 103 Å². The molecule has 434 valence electrons. The minimum Gasteiger partial charge on any atom is -0.489 e. The molecule has 0 amide bonds. The minimum absolute atomic E-state index is 0.0654. The molecule has 0 saturated carbocycles. The number of ketones is 4. The second-order valence-corrected chi connectivity index (χ2v) is 20.9. The van der Waals surface area contributed by atoms with Crippen molar-refractivity contribution in [2.24, 2.45) is 0 Å². The fraction of sp³-hybridized carbons (Fsp3) is 0.0909. The summed E-state index contributed by atoms with van der Waals surface area (Å²) in [6, 6.07) is 82.3. The largest absolute Gasteiger partial charge is 0.489 e. The van der Waals surface area contributed by atoms with E-state index >= 15 is 0 Å². The van der Waals surface area contributed by atoms with Gasteiger partial charge in [-0.1, -0.05) is 218 Å². The summed E-state index contributed by atoms with van der Waals surface area (Å²) < 4.78 is 38.3. The molecule has 11 nitrogen and oxygen atoms in total. The van der Waals surface area contributed by atoms with E-state index in [2.05, 4.69) is 0 Å². The number of carbonyl (C=O) groups excluding carboxylic acids is 4. The topological polar surface area (TPSA) is 144 Å². The fourth-order valence-electron chi connectivity index (χ4n) is 9.68. The molecule has 11 heteroatoms. The lowest BCUT2D eigenvalue weighted by atomic mass is 10.0. The summed E-state index contributed by atoms with van der Waals surface area (Å²) in [4.78, 5) is 52.4. The maximum absolute atomic E-state index is 13.1. The lowest BCUT2D eigenvalue weighted by molar-refractivity contribution is 0.103. The molecule has 0 bridgehead atoms. The number of benzene rings is 11. The van der Waals surface area contributed by atoms with Crippen LogP contribution < -0.4 is 28.4 Å². The molecule has 0 heterocycles. The second-order valence-electron chi connectivity index (χ2n) is 20.9. The van der Waals surface area contributed by atoms with Gasteiger partial charge in [0.2, 0.25) is 0 Å². The van der Waals surface area contributed by atoms with Crippen molar-refractivity contribution in [2.75, 3.05) is 0 Å². The summed E-state index contributed by atoms with van der Waals surface area (Å²) in [6.45, 7) is 0.743. The Balaban J connectivity index is 0.786. The third-order valence-electron chi connectivity index (χ3n) is 14.4. The summed E-state index contributed by atoms with van der Waals surface area (Å²) in [5, 5.41) is 10.4. The molecule has 0 spiro atoms. The molecule has 0 aliphatic rings. The molecule has 88 heavy (non-hydrogen) atoms. The van der Waals surface area contributed by atoms with Crippen LogP contribution in [0.2, 0.25) is 0 Å². The molecule has 0 radical (unpaired) electrons. The standard InChI is InChI=1S/C77H60O11/c78-46-57-37-68(87-51-58-39-70(83-47-53-21-29-64(30-22-53)74(79)60-13-5-1-6-14-60)44-71(40-58)84-48-54-23-31-65(32-24-54)75(80)61-15-7-2-8-16-61)43-69(38-57)88-52-59-41-72(85-49-55-25-33-66(34-26-55)76(81)62-17-9-3-10-18-62)45-73(42-59)86-50-56-27-35-67(36-28-56)77(82)63-19-11-4-12-20-63/h1-45,78H,46-52H2. The number of hydrogen-bond donors (Lipinski definition) is 1. The number of aliphatic hydroxyl groups excluding tert-OH is 1. The van der Waals surface area contributed by atoms with Crippen molar-refractivity contribution in [3.63, 3.8) is 0 Å². The molecular weight excluding hydrogens is 1100 g/mol. The van der Waals surface area contributed by atoms with Gasteiger partial charge in [0.1, 0.15) is 74.1 Å². The first-order valence-corrected chi connectivity index (χ1v) is 28.7. The molecular formula is C77H60O11. The van der Waals surface area contributed by atoms with E-state index in [0.717, 1.165) is 33.4 Å². The monoisotopic (exact) mass is 1160 g/mol. The highest BCUT2D eigenvalue weighted by Gasteiger charge is 2.15. The summed E-state index contributed by atoms with van der Waals surface area (Å²) in [7, 11) is 0. The van der Waals surface area contributed by atoms with Crippen molar-refractivity contribution in [1.82, 2.24) is 0 Å². The zero-order valence-electron chi connectivity index (χ0n) is 48.0. The Morgan fingerprint density at radius 1 is 0.216 bits per heavy atom. The highest BCUT2D eigenvalue weighted by atomic mass is 16.5. The number of rotatable bonds is 27. The van der Waals surface area contributed by atoms with Gasteiger partial charge >= 0.3 is 0 Å². The third kappa shape index (κ3) is 15.8. The highest BCUT2D eigenvalue weighted by Crippen LogP contribution is 2.31. The molecule has 0 fully saturated rings. The Labute approximate surface area is 510 Å². The zero-order chi connectivity index (χ0) is 60.4. The van der Waals surface area contributed by atoms with E-state index in [1.165, 1.54) is 0 Å². The first-order chi connectivity index (χ1) is 43.1. The van der Waals surface area contributed by atoms with Crippen molar-refractivity contribution in [3.8, 4) is 34.5 Å². The maximum atomic E-state index is 13.1. The van der Waals surface area contributed by atoms with Crippen molar-refractivity contribution in [3.05, 3.63) is 356 Å². The Kier molecular flexibility index (Phi) is 19.1. The van der Waals surface area contributed by atoms with Gasteiger partial charge < -0.3 is 33.5 Å². The van der Waals surface area contributed by atoms with Crippen molar-refractivity contribution in [2.45, 2.75) is 46.2 Å².